The van der Waals surface area contributed by atoms with Crippen LogP contribution < -0.4 is 4.74 Å². The van der Waals surface area contributed by atoms with Crippen LogP contribution in [0.3, 0.4) is 0 Å². The quantitative estimate of drug-likeness (QED) is 0.902. The van der Waals surface area contributed by atoms with Crippen LogP contribution in [0.2, 0.25) is 5.15 Å². The van der Waals surface area contributed by atoms with Gasteiger partial charge in [-0.25, -0.2) is 0 Å². The smallest absolute Gasteiger partial charge is 0.280 e. The first-order valence-electron chi connectivity index (χ1n) is 6.05. The fourth-order valence-electron chi connectivity index (χ4n) is 1.75. The summed E-state index contributed by atoms with van der Waals surface area (Å²) in [6, 6.07) is 6.12. The van der Waals surface area contributed by atoms with Gasteiger partial charge in [-0.2, -0.15) is 4.98 Å². The van der Waals surface area contributed by atoms with Crippen LogP contribution in [0.5, 0.6) is 10.9 Å². The van der Waals surface area contributed by atoms with Gasteiger partial charge in [0.25, 0.3) is 5.19 Å². The van der Waals surface area contributed by atoms with E-state index in [0.717, 1.165) is 16.9 Å². The van der Waals surface area contributed by atoms with Crippen LogP contribution in [-0.4, -0.2) is 10.1 Å². The van der Waals surface area contributed by atoms with Crippen molar-refractivity contribution in [2.24, 2.45) is 0 Å². The third kappa shape index (κ3) is 3.26. The van der Waals surface area contributed by atoms with E-state index in [2.05, 4.69) is 31.0 Å². The molecule has 1 aromatic heterocycles. The lowest BCUT2D eigenvalue weighted by atomic mass is 10.0. The fraction of sp³-hybridized carbons (Fsp3) is 0.357. The molecule has 5 heteroatoms. The lowest BCUT2D eigenvalue weighted by Gasteiger charge is -2.12. The van der Waals surface area contributed by atoms with Crippen LogP contribution in [0.25, 0.3) is 0 Å². The number of aromatic nitrogens is 1. The van der Waals surface area contributed by atoms with Crippen molar-refractivity contribution in [2.45, 2.75) is 33.3 Å². The molecule has 0 saturated heterocycles. The molecule has 19 heavy (non-hydrogen) atoms. The van der Waals surface area contributed by atoms with E-state index in [-0.39, 0.29) is 6.61 Å². The molecule has 2 rings (SSSR count). The van der Waals surface area contributed by atoms with Gasteiger partial charge in [-0.05, 0) is 30.0 Å². The summed E-state index contributed by atoms with van der Waals surface area (Å²) in [5.74, 6) is 1.16. The second-order valence-corrected chi connectivity index (χ2v) is 6.05. The Morgan fingerprint density at radius 3 is 2.74 bits per heavy atom. The van der Waals surface area contributed by atoms with Crippen LogP contribution in [0.1, 0.15) is 35.8 Å². The molecule has 0 unspecified atom stereocenters. The van der Waals surface area contributed by atoms with Crippen molar-refractivity contribution in [3.05, 3.63) is 39.4 Å². The number of nitrogens with zero attached hydrogens (tertiary/aromatic N) is 1. The zero-order chi connectivity index (χ0) is 14.0. The second kappa shape index (κ2) is 5.90. The minimum absolute atomic E-state index is 0.120. The Morgan fingerprint density at radius 2 is 2.16 bits per heavy atom. The predicted octanol–water partition coefficient (Wildman–Crippen LogP) is 4.51. The standard InChI is InChI=1S/C14H16ClNO2S/c1-8(2)10-5-4-9(3)6-11(10)18-14-16-13(15)12(7-17)19-14/h4-6,8,17H,7H2,1-3H3. The molecule has 0 saturated carbocycles. The molecule has 102 valence electrons. The summed E-state index contributed by atoms with van der Waals surface area (Å²) in [7, 11) is 0. The molecule has 0 aliphatic carbocycles. The number of aryl methyl sites for hydroxylation is 1. The van der Waals surface area contributed by atoms with Crippen molar-refractivity contribution in [3.63, 3.8) is 0 Å². The van der Waals surface area contributed by atoms with Gasteiger partial charge in [-0.3, -0.25) is 0 Å². The average molecular weight is 298 g/mol. The highest BCUT2D eigenvalue weighted by molar-refractivity contribution is 7.13. The maximum atomic E-state index is 9.12. The van der Waals surface area contributed by atoms with Crippen molar-refractivity contribution in [2.75, 3.05) is 0 Å². The van der Waals surface area contributed by atoms with E-state index in [1.165, 1.54) is 11.3 Å². The molecule has 1 aromatic carbocycles. The zero-order valence-corrected chi connectivity index (χ0v) is 12.7. The summed E-state index contributed by atoms with van der Waals surface area (Å²) in [6.45, 7) is 6.13. The van der Waals surface area contributed by atoms with E-state index in [9.17, 15) is 0 Å². The number of rotatable bonds is 4. The molecule has 0 bridgehead atoms. The van der Waals surface area contributed by atoms with Gasteiger partial charge in [0.15, 0.2) is 0 Å². The summed E-state index contributed by atoms with van der Waals surface area (Å²) < 4.78 is 5.83. The third-order valence-electron chi connectivity index (χ3n) is 2.76. The van der Waals surface area contributed by atoms with E-state index in [1.54, 1.807) is 0 Å². The van der Waals surface area contributed by atoms with Crippen molar-refractivity contribution < 1.29 is 9.84 Å². The Labute approximate surface area is 121 Å². The first-order valence-corrected chi connectivity index (χ1v) is 7.25. The van der Waals surface area contributed by atoms with E-state index < -0.39 is 0 Å². The number of hydrogen-bond acceptors (Lipinski definition) is 4. The molecule has 0 amide bonds. The highest BCUT2D eigenvalue weighted by Crippen LogP contribution is 2.35. The summed E-state index contributed by atoms with van der Waals surface area (Å²) in [6.07, 6.45) is 0. The van der Waals surface area contributed by atoms with Crippen LogP contribution in [-0.2, 0) is 6.61 Å². The van der Waals surface area contributed by atoms with Gasteiger partial charge in [-0.1, -0.05) is 48.9 Å². The van der Waals surface area contributed by atoms with Crippen LogP contribution in [0.4, 0.5) is 0 Å². The molecule has 2 aromatic rings. The van der Waals surface area contributed by atoms with Gasteiger partial charge in [0.1, 0.15) is 10.9 Å². The summed E-state index contributed by atoms with van der Waals surface area (Å²) in [5, 5.41) is 9.88. The highest BCUT2D eigenvalue weighted by Gasteiger charge is 2.13. The molecule has 0 spiro atoms. The van der Waals surface area contributed by atoms with E-state index in [4.69, 9.17) is 21.4 Å². The Bertz CT molecular complexity index is 581. The summed E-state index contributed by atoms with van der Waals surface area (Å²) in [4.78, 5) is 4.73. The van der Waals surface area contributed by atoms with Crippen molar-refractivity contribution in [1.29, 1.82) is 0 Å². The fourth-order valence-corrected chi connectivity index (χ4v) is 2.73. The largest absolute Gasteiger partial charge is 0.431 e. The molecule has 0 radical (unpaired) electrons. The van der Waals surface area contributed by atoms with E-state index in [1.807, 2.05) is 13.0 Å². The molecule has 1 N–H and O–H groups in total. The molecular formula is C14H16ClNO2S. The van der Waals surface area contributed by atoms with Gasteiger partial charge in [0, 0.05) is 0 Å². The number of thiazole rings is 1. The molecule has 0 aliphatic rings. The van der Waals surface area contributed by atoms with Crippen LogP contribution in [0, 0.1) is 6.92 Å². The Kier molecular flexibility index (Phi) is 4.45. The Hall–Kier alpha value is -1.10. The maximum Gasteiger partial charge on any atom is 0.280 e. The van der Waals surface area contributed by atoms with Crippen LogP contribution >= 0.6 is 22.9 Å². The normalized spacial score (nSPS) is 11.1. The minimum atomic E-state index is -0.120. The maximum absolute atomic E-state index is 9.12. The zero-order valence-electron chi connectivity index (χ0n) is 11.1. The van der Waals surface area contributed by atoms with Gasteiger partial charge in [0.05, 0.1) is 11.5 Å². The van der Waals surface area contributed by atoms with E-state index >= 15 is 0 Å². The van der Waals surface area contributed by atoms with Crippen LogP contribution in [0.15, 0.2) is 18.2 Å². The monoisotopic (exact) mass is 297 g/mol. The molecule has 0 aliphatic heterocycles. The van der Waals surface area contributed by atoms with Crippen molar-refractivity contribution in [1.82, 2.24) is 4.98 Å². The molecule has 3 nitrogen and oxygen atoms in total. The first-order chi connectivity index (χ1) is 9.01. The Morgan fingerprint density at radius 1 is 1.42 bits per heavy atom. The molecule has 0 fully saturated rings. The highest BCUT2D eigenvalue weighted by atomic mass is 35.5. The average Bonchev–Trinajstić information content (AvgIpc) is 2.69. The third-order valence-corrected chi connectivity index (χ3v) is 4.10. The van der Waals surface area contributed by atoms with Gasteiger partial charge in [-0.15, -0.1) is 0 Å². The molecule has 0 atom stereocenters. The molecule has 1 heterocycles. The predicted molar refractivity (Wildman–Crippen MR) is 78.4 cm³/mol. The summed E-state index contributed by atoms with van der Waals surface area (Å²) in [5.41, 5.74) is 2.26. The molecular weight excluding hydrogens is 282 g/mol. The van der Waals surface area contributed by atoms with Gasteiger partial charge in [0.2, 0.25) is 0 Å². The lowest BCUT2D eigenvalue weighted by Crippen LogP contribution is -1.94. The van der Waals surface area contributed by atoms with Gasteiger partial charge >= 0.3 is 0 Å². The van der Waals surface area contributed by atoms with Gasteiger partial charge < -0.3 is 9.84 Å². The number of aliphatic hydroxyl groups excluding tert-OH is 1. The Balaban J connectivity index is 2.33. The number of hydrogen-bond donors (Lipinski definition) is 1. The van der Waals surface area contributed by atoms with Crippen molar-refractivity contribution >= 4 is 22.9 Å². The van der Waals surface area contributed by atoms with E-state index in [0.29, 0.717) is 21.1 Å². The topological polar surface area (TPSA) is 42.4 Å². The lowest BCUT2D eigenvalue weighted by molar-refractivity contribution is 0.285. The number of aliphatic hydroxyl groups is 1. The van der Waals surface area contributed by atoms with Crippen molar-refractivity contribution in [3.8, 4) is 10.9 Å². The summed E-state index contributed by atoms with van der Waals surface area (Å²) >= 11 is 7.17. The number of benzene rings is 1. The SMILES string of the molecule is Cc1ccc(C(C)C)c(Oc2nc(Cl)c(CO)s2)c1. The first kappa shape index (κ1) is 14.3. The number of halogens is 1. The second-order valence-electron chi connectivity index (χ2n) is 4.65. The minimum Gasteiger partial charge on any atom is -0.431 e. The number of ether oxygens (including phenoxy) is 1.